The Hall–Kier alpha value is -3.48. The van der Waals surface area contributed by atoms with Gasteiger partial charge in [-0.1, -0.05) is 11.2 Å². The molecule has 0 atom stereocenters. The summed E-state index contributed by atoms with van der Waals surface area (Å²) in [5, 5.41) is 7.62. The Bertz CT molecular complexity index is 1140. The summed E-state index contributed by atoms with van der Waals surface area (Å²) in [5.41, 5.74) is 3.30. The molecule has 27 heavy (non-hydrogen) atoms. The summed E-state index contributed by atoms with van der Waals surface area (Å²) >= 11 is 0. The highest BCUT2D eigenvalue weighted by molar-refractivity contribution is 6.06. The molecule has 5 rings (SSSR count). The molecule has 7 heteroatoms. The van der Waals surface area contributed by atoms with Crippen LogP contribution in [0.15, 0.2) is 51.7 Å². The molecular formula is C20H16N4O3. The average molecular weight is 360 g/mol. The minimum Gasteiger partial charge on any atom is -0.448 e. The molecule has 1 saturated carbocycles. The van der Waals surface area contributed by atoms with Gasteiger partial charge in [-0.15, -0.1) is 0 Å². The van der Waals surface area contributed by atoms with Gasteiger partial charge in [0.15, 0.2) is 11.5 Å². The average Bonchev–Trinajstić information content (AvgIpc) is 3.26. The Morgan fingerprint density at radius 3 is 2.89 bits per heavy atom. The minimum absolute atomic E-state index is 0.251. The Kier molecular flexibility index (Phi) is 3.53. The lowest BCUT2D eigenvalue weighted by Gasteiger charge is -2.04. The van der Waals surface area contributed by atoms with Crippen LogP contribution in [0.4, 0.5) is 5.82 Å². The molecular weight excluding hydrogens is 344 g/mol. The second-order valence-electron chi connectivity index (χ2n) is 6.76. The van der Waals surface area contributed by atoms with Crippen molar-refractivity contribution in [3.8, 4) is 11.4 Å². The largest absolute Gasteiger partial charge is 0.448 e. The fourth-order valence-electron chi connectivity index (χ4n) is 2.91. The van der Waals surface area contributed by atoms with Gasteiger partial charge < -0.3 is 14.3 Å². The molecule has 0 saturated heterocycles. The van der Waals surface area contributed by atoms with Crippen LogP contribution in [-0.2, 0) is 0 Å². The first-order valence-electron chi connectivity index (χ1n) is 8.76. The number of anilines is 1. The molecule has 0 unspecified atom stereocenters. The predicted molar refractivity (Wildman–Crippen MR) is 98.4 cm³/mol. The van der Waals surface area contributed by atoms with Crippen LogP contribution in [-0.4, -0.2) is 21.0 Å². The number of oxazole rings is 1. The van der Waals surface area contributed by atoms with Crippen molar-refractivity contribution in [1.82, 2.24) is 15.1 Å². The molecule has 4 aromatic rings. The molecule has 0 aliphatic heterocycles. The molecule has 1 aliphatic rings. The number of rotatable bonds is 4. The van der Waals surface area contributed by atoms with Crippen molar-refractivity contribution in [2.75, 3.05) is 5.32 Å². The number of amides is 1. The van der Waals surface area contributed by atoms with E-state index in [0.29, 0.717) is 34.3 Å². The van der Waals surface area contributed by atoms with Crippen LogP contribution in [0.2, 0.25) is 0 Å². The van der Waals surface area contributed by atoms with E-state index in [2.05, 4.69) is 20.4 Å². The van der Waals surface area contributed by atoms with Gasteiger partial charge in [0.2, 0.25) is 0 Å². The molecule has 0 bridgehead atoms. The standard InChI is InChI=1S/C20H16N4O3/c1-11-2-7-17(21-9-11)23-19(25)13-5-6-16-14(8-13)18(24-27-16)15-10-26-20(22-15)12-3-4-12/h2,5-10,12H,3-4H2,1H3,(H,21,23,25). The summed E-state index contributed by atoms with van der Waals surface area (Å²) in [7, 11) is 0. The van der Waals surface area contributed by atoms with Crippen LogP contribution < -0.4 is 5.32 Å². The molecule has 7 nitrogen and oxygen atoms in total. The summed E-state index contributed by atoms with van der Waals surface area (Å²) in [4.78, 5) is 21.3. The molecule has 1 fully saturated rings. The number of hydrogen-bond acceptors (Lipinski definition) is 6. The first-order valence-corrected chi connectivity index (χ1v) is 8.76. The maximum Gasteiger partial charge on any atom is 0.256 e. The van der Waals surface area contributed by atoms with Crippen LogP contribution in [0.25, 0.3) is 22.4 Å². The van der Waals surface area contributed by atoms with Crippen LogP contribution in [0, 0.1) is 6.92 Å². The zero-order chi connectivity index (χ0) is 18.4. The van der Waals surface area contributed by atoms with Gasteiger partial charge in [-0.25, -0.2) is 9.97 Å². The van der Waals surface area contributed by atoms with Gasteiger partial charge >= 0.3 is 0 Å². The molecule has 3 heterocycles. The van der Waals surface area contributed by atoms with E-state index in [1.165, 1.54) is 0 Å². The van der Waals surface area contributed by atoms with Crippen molar-refractivity contribution in [3.05, 3.63) is 59.8 Å². The monoisotopic (exact) mass is 360 g/mol. The van der Waals surface area contributed by atoms with Crippen molar-refractivity contribution in [2.24, 2.45) is 0 Å². The fraction of sp³-hybridized carbons (Fsp3) is 0.200. The van der Waals surface area contributed by atoms with Crippen LogP contribution in [0.3, 0.4) is 0 Å². The minimum atomic E-state index is -0.251. The highest BCUT2D eigenvalue weighted by Gasteiger charge is 2.29. The van der Waals surface area contributed by atoms with Crippen molar-refractivity contribution in [1.29, 1.82) is 0 Å². The Labute approximate surface area is 154 Å². The molecule has 1 amide bonds. The third-order valence-corrected chi connectivity index (χ3v) is 4.58. The topological polar surface area (TPSA) is 94.1 Å². The third-order valence-electron chi connectivity index (χ3n) is 4.58. The molecule has 1 aliphatic carbocycles. The van der Waals surface area contributed by atoms with E-state index in [1.54, 1.807) is 36.7 Å². The molecule has 1 N–H and O–H groups in total. The number of hydrogen-bond donors (Lipinski definition) is 1. The quantitative estimate of drug-likeness (QED) is 0.582. The second kappa shape index (κ2) is 6.05. The number of pyridine rings is 1. The number of nitrogens with zero attached hydrogens (tertiary/aromatic N) is 3. The zero-order valence-corrected chi connectivity index (χ0v) is 14.6. The van der Waals surface area contributed by atoms with Gasteiger partial charge in [0.05, 0.1) is 5.39 Å². The molecule has 0 spiro atoms. The highest BCUT2D eigenvalue weighted by Crippen LogP contribution is 2.40. The number of fused-ring (bicyclic) bond motifs is 1. The van der Waals surface area contributed by atoms with E-state index in [0.717, 1.165) is 29.7 Å². The van der Waals surface area contributed by atoms with Crippen LogP contribution >= 0.6 is 0 Å². The molecule has 134 valence electrons. The number of benzene rings is 1. The Balaban J connectivity index is 1.46. The van der Waals surface area contributed by atoms with Gasteiger partial charge in [0.1, 0.15) is 23.5 Å². The van der Waals surface area contributed by atoms with Crippen molar-refractivity contribution >= 4 is 22.7 Å². The first-order chi connectivity index (χ1) is 13.2. The van der Waals surface area contributed by atoms with E-state index >= 15 is 0 Å². The summed E-state index contributed by atoms with van der Waals surface area (Å²) in [6.07, 6.45) is 5.51. The number of nitrogens with one attached hydrogen (secondary N) is 1. The molecule has 1 aromatic carbocycles. The lowest BCUT2D eigenvalue weighted by Crippen LogP contribution is -2.12. The van der Waals surface area contributed by atoms with E-state index in [4.69, 9.17) is 8.94 Å². The van der Waals surface area contributed by atoms with Crippen molar-refractivity contribution < 1.29 is 13.7 Å². The van der Waals surface area contributed by atoms with E-state index in [-0.39, 0.29) is 5.91 Å². The van der Waals surface area contributed by atoms with Gasteiger partial charge in [0.25, 0.3) is 5.91 Å². The lowest BCUT2D eigenvalue weighted by molar-refractivity contribution is 0.102. The summed E-state index contributed by atoms with van der Waals surface area (Å²) in [6, 6.07) is 8.83. The number of carbonyl (C=O) groups is 1. The van der Waals surface area contributed by atoms with E-state index < -0.39 is 0 Å². The SMILES string of the molecule is Cc1ccc(NC(=O)c2ccc3onc(-c4coc(C5CC5)n4)c3c2)nc1. The normalized spacial score (nSPS) is 13.8. The predicted octanol–water partition coefficient (Wildman–Crippen LogP) is 4.32. The summed E-state index contributed by atoms with van der Waals surface area (Å²) in [5.74, 6) is 1.40. The summed E-state index contributed by atoms with van der Waals surface area (Å²) < 4.78 is 10.9. The van der Waals surface area contributed by atoms with E-state index in [1.807, 2.05) is 13.0 Å². The zero-order valence-electron chi connectivity index (χ0n) is 14.6. The van der Waals surface area contributed by atoms with Crippen LogP contribution in [0.5, 0.6) is 0 Å². The Morgan fingerprint density at radius 1 is 1.22 bits per heavy atom. The maximum absolute atomic E-state index is 12.6. The van der Waals surface area contributed by atoms with Gasteiger partial charge in [0, 0.05) is 17.7 Å². The van der Waals surface area contributed by atoms with Crippen molar-refractivity contribution in [2.45, 2.75) is 25.7 Å². The van der Waals surface area contributed by atoms with E-state index in [9.17, 15) is 4.79 Å². The van der Waals surface area contributed by atoms with Crippen molar-refractivity contribution in [3.63, 3.8) is 0 Å². The smallest absolute Gasteiger partial charge is 0.256 e. The first kappa shape index (κ1) is 15.7. The van der Waals surface area contributed by atoms with Gasteiger partial charge in [-0.2, -0.15) is 0 Å². The lowest BCUT2D eigenvalue weighted by atomic mass is 10.1. The summed E-state index contributed by atoms with van der Waals surface area (Å²) in [6.45, 7) is 1.94. The van der Waals surface area contributed by atoms with Crippen LogP contribution in [0.1, 0.15) is 40.6 Å². The highest BCUT2D eigenvalue weighted by atomic mass is 16.5. The van der Waals surface area contributed by atoms with Gasteiger partial charge in [-0.05, 0) is 49.6 Å². The molecule has 0 radical (unpaired) electrons. The number of aryl methyl sites for hydroxylation is 1. The maximum atomic E-state index is 12.6. The molecule has 3 aromatic heterocycles. The third kappa shape index (κ3) is 2.97. The van der Waals surface area contributed by atoms with Gasteiger partial charge in [-0.3, -0.25) is 4.79 Å². The number of aromatic nitrogens is 3. The fourth-order valence-corrected chi connectivity index (χ4v) is 2.91. The number of carbonyl (C=O) groups excluding carboxylic acids is 1. The second-order valence-corrected chi connectivity index (χ2v) is 6.76. The Morgan fingerprint density at radius 2 is 2.11 bits per heavy atom.